The standard InChI is InChI=1S/C23H31N3O4/c1-3-26(4-2)15-17-30-23(28)18-11-13-19(14-12-18)25-22(27)10-7-16-29-21-9-6-5-8-20(21)24/h5-6,8-9,11-14H,3-4,7,10,15-17,24H2,1-2H3,(H,25,27). The Labute approximate surface area is 178 Å². The van der Waals surface area contributed by atoms with Gasteiger partial charge in [-0.25, -0.2) is 4.79 Å². The molecule has 0 atom stereocenters. The van der Waals surface area contributed by atoms with Gasteiger partial charge in [-0.1, -0.05) is 26.0 Å². The van der Waals surface area contributed by atoms with Gasteiger partial charge in [-0.05, 0) is 55.9 Å². The van der Waals surface area contributed by atoms with Crippen LogP contribution in [0.1, 0.15) is 37.0 Å². The van der Waals surface area contributed by atoms with Gasteiger partial charge in [-0.3, -0.25) is 4.79 Å². The number of nitrogens with one attached hydrogen (secondary N) is 1. The number of hydrogen-bond acceptors (Lipinski definition) is 6. The normalized spacial score (nSPS) is 10.6. The summed E-state index contributed by atoms with van der Waals surface area (Å²) in [7, 11) is 0. The van der Waals surface area contributed by atoms with E-state index in [-0.39, 0.29) is 11.9 Å². The summed E-state index contributed by atoms with van der Waals surface area (Å²) >= 11 is 0. The molecule has 0 unspecified atom stereocenters. The van der Waals surface area contributed by atoms with Gasteiger partial charge in [0.25, 0.3) is 0 Å². The van der Waals surface area contributed by atoms with E-state index >= 15 is 0 Å². The Morgan fingerprint density at radius 3 is 2.37 bits per heavy atom. The number of nitrogens with zero attached hydrogens (tertiary/aromatic N) is 1. The highest BCUT2D eigenvalue weighted by Crippen LogP contribution is 2.20. The van der Waals surface area contributed by atoms with Gasteiger partial charge in [0.15, 0.2) is 0 Å². The van der Waals surface area contributed by atoms with Crippen LogP contribution in [0, 0.1) is 0 Å². The smallest absolute Gasteiger partial charge is 0.338 e. The number of likely N-dealkylation sites (N-methyl/N-ethyl adjacent to an activating group) is 1. The average molecular weight is 414 g/mol. The average Bonchev–Trinajstić information content (AvgIpc) is 2.76. The molecule has 0 saturated heterocycles. The fraction of sp³-hybridized carbons (Fsp3) is 0.391. The number of rotatable bonds is 12. The Morgan fingerprint density at radius 2 is 1.70 bits per heavy atom. The predicted octanol–water partition coefficient (Wildman–Crippen LogP) is 3.57. The zero-order valence-corrected chi connectivity index (χ0v) is 17.7. The molecule has 1 amide bonds. The summed E-state index contributed by atoms with van der Waals surface area (Å²) in [6, 6.07) is 13.9. The molecule has 7 heteroatoms. The summed E-state index contributed by atoms with van der Waals surface area (Å²) in [5, 5.41) is 2.81. The number of amides is 1. The zero-order valence-electron chi connectivity index (χ0n) is 17.7. The molecular weight excluding hydrogens is 382 g/mol. The first-order valence-corrected chi connectivity index (χ1v) is 10.3. The second-order valence-electron chi connectivity index (χ2n) is 6.78. The van der Waals surface area contributed by atoms with Crippen molar-refractivity contribution in [2.24, 2.45) is 0 Å². The van der Waals surface area contributed by atoms with E-state index < -0.39 is 0 Å². The van der Waals surface area contributed by atoms with Crippen LogP contribution in [0.15, 0.2) is 48.5 Å². The maximum atomic E-state index is 12.1. The SMILES string of the molecule is CCN(CC)CCOC(=O)c1ccc(NC(=O)CCCOc2ccccc2N)cc1. The topological polar surface area (TPSA) is 93.9 Å². The molecule has 0 bridgehead atoms. The molecule has 0 aliphatic heterocycles. The van der Waals surface area contributed by atoms with Crippen LogP contribution in [0.25, 0.3) is 0 Å². The number of benzene rings is 2. The lowest BCUT2D eigenvalue weighted by Crippen LogP contribution is -2.27. The summed E-state index contributed by atoms with van der Waals surface area (Å²) in [6.07, 6.45) is 0.888. The number of carbonyl (C=O) groups is 2. The largest absolute Gasteiger partial charge is 0.491 e. The molecule has 2 rings (SSSR count). The second-order valence-corrected chi connectivity index (χ2v) is 6.78. The minimum Gasteiger partial charge on any atom is -0.491 e. The molecular formula is C23H31N3O4. The molecule has 0 saturated carbocycles. The molecule has 30 heavy (non-hydrogen) atoms. The van der Waals surface area contributed by atoms with Crippen molar-refractivity contribution in [3.05, 3.63) is 54.1 Å². The highest BCUT2D eigenvalue weighted by atomic mass is 16.5. The Balaban J connectivity index is 1.69. The lowest BCUT2D eigenvalue weighted by atomic mass is 10.2. The number of hydrogen-bond donors (Lipinski definition) is 2. The third-order valence-corrected chi connectivity index (χ3v) is 4.66. The molecule has 7 nitrogen and oxygen atoms in total. The van der Waals surface area contributed by atoms with Crippen molar-refractivity contribution in [3.8, 4) is 5.75 Å². The number of carbonyl (C=O) groups excluding carboxylic acids is 2. The van der Waals surface area contributed by atoms with Crippen molar-refractivity contribution in [3.63, 3.8) is 0 Å². The quantitative estimate of drug-likeness (QED) is 0.314. The highest BCUT2D eigenvalue weighted by Gasteiger charge is 2.09. The fourth-order valence-electron chi connectivity index (χ4n) is 2.83. The molecule has 0 fully saturated rings. The van der Waals surface area contributed by atoms with Crippen molar-refractivity contribution in [1.82, 2.24) is 4.90 Å². The van der Waals surface area contributed by atoms with Crippen molar-refractivity contribution in [2.75, 3.05) is 43.9 Å². The maximum Gasteiger partial charge on any atom is 0.338 e. The molecule has 0 heterocycles. The van der Waals surface area contributed by atoms with Gasteiger partial charge in [0.1, 0.15) is 12.4 Å². The van der Waals surface area contributed by atoms with Gasteiger partial charge in [0.2, 0.25) is 5.91 Å². The molecule has 0 spiro atoms. The Bertz CT molecular complexity index is 804. The number of nitrogens with two attached hydrogens (primary N) is 1. The second kappa shape index (κ2) is 12.5. The van der Waals surface area contributed by atoms with E-state index in [0.717, 1.165) is 13.1 Å². The molecule has 0 aliphatic carbocycles. The number of para-hydroxylation sites is 2. The van der Waals surface area contributed by atoms with Crippen molar-refractivity contribution in [1.29, 1.82) is 0 Å². The van der Waals surface area contributed by atoms with E-state index in [1.165, 1.54) is 0 Å². The summed E-state index contributed by atoms with van der Waals surface area (Å²) < 4.78 is 10.9. The highest BCUT2D eigenvalue weighted by molar-refractivity contribution is 5.93. The van der Waals surface area contributed by atoms with Crippen LogP contribution in [-0.4, -0.2) is 49.6 Å². The molecule has 2 aromatic rings. The van der Waals surface area contributed by atoms with Gasteiger partial charge >= 0.3 is 5.97 Å². The number of ether oxygens (including phenoxy) is 2. The summed E-state index contributed by atoms with van der Waals surface area (Å²) in [5.74, 6) is 0.143. The Kier molecular flexibility index (Phi) is 9.67. The maximum absolute atomic E-state index is 12.1. The first kappa shape index (κ1) is 23.2. The van der Waals surface area contributed by atoms with Gasteiger partial charge in [0.05, 0.1) is 17.9 Å². The van der Waals surface area contributed by atoms with Gasteiger partial charge in [-0.15, -0.1) is 0 Å². The minimum atomic E-state index is -0.364. The monoisotopic (exact) mass is 413 g/mol. The van der Waals surface area contributed by atoms with E-state index in [9.17, 15) is 9.59 Å². The summed E-state index contributed by atoms with van der Waals surface area (Å²) in [5.41, 5.74) is 7.48. The van der Waals surface area contributed by atoms with E-state index in [2.05, 4.69) is 24.1 Å². The van der Waals surface area contributed by atoms with Crippen LogP contribution in [0.4, 0.5) is 11.4 Å². The van der Waals surface area contributed by atoms with Crippen molar-refractivity contribution >= 4 is 23.3 Å². The Hall–Kier alpha value is -3.06. The van der Waals surface area contributed by atoms with Crippen LogP contribution < -0.4 is 15.8 Å². The summed E-state index contributed by atoms with van der Waals surface area (Å²) in [6.45, 7) is 7.47. The lowest BCUT2D eigenvalue weighted by molar-refractivity contribution is -0.116. The first-order valence-electron chi connectivity index (χ1n) is 10.3. The van der Waals surface area contributed by atoms with Crippen LogP contribution in [0.2, 0.25) is 0 Å². The van der Waals surface area contributed by atoms with Crippen LogP contribution in [0.3, 0.4) is 0 Å². The van der Waals surface area contributed by atoms with E-state index in [1.54, 1.807) is 36.4 Å². The van der Waals surface area contributed by atoms with Crippen LogP contribution in [0.5, 0.6) is 5.75 Å². The fourth-order valence-corrected chi connectivity index (χ4v) is 2.83. The van der Waals surface area contributed by atoms with Gasteiger partial charge in [0, 0.05) is 18.7 Å². The van der Waals surface area contributed by atoms with Gasteiger partial charge < -0.3 is 25.4 Å². The van der Waals surface area contributed by atoms with E-state index in [0.29, 0.717) is 55.3 Å². The zero-order chi connectivity index (χ0) is 21.8. The van der Waals surface area contributed by atoms with E-state index in [1.807, 2.05) is 12.1 Å². The lowest BCUT2D eigenvalue weighted by Gasteiger charge is -2.17. The number of anilines is 2. The first-order chi connectivity index (χ1) is 14.5. The third-order valence-electron chi connectivity index (χ3n) is 4.66. The van der Waals surface area contributed by atoms with Gasteiger partial charge in [-0.2, -0.15) is 0 Å². The van der Waals surface area contributed by atoms with E-state index in [4.69, 9.17) is 15.2 Å². The molecule has 0 radical (unpaired) electrons. The third kappa shape index (κ3) is 7.75. The Morgan fingerprint density at radius 1 is 1.00 bits per heavy atom. The van der Waals surface area contributed by atoms with Crippen LogP contribution in [-0.2, 0) is 9.53 Å². The minimum absolute atomic E-state index is 0.116. The summed E-state index contributed by atoms with van der Waals surface area (Å²) in [4.78, 5) is 26.4. The van der Waals surface area contributed by atoms with Crippen LogP contribution >= 0.6 is 0 Å². The predicted molar refractivity (Wildman–Crippen MR) is 119 cm³/mol. The van der Waals surface area contributed by atoms with Crippen molar-refractivity contribution in [2.45, 2.75) is 26.7 Å². The number of esters is 1. The molecule has 162 valence electrons. The molecule has 3 N–H and O–H groups in total. The van der Waals surface area contributed by atoms with Crippen molar-refractivity contribution < 1.29 is 19.1 Å². The molecule has 0 aliphatic rings. The molecule has 0 aromatic heterocycles. The molecule has 2 aromatic carbocycles. The number of nitrogen functional groups attached to an aromatic ring is 1.